The highest BCUT2D eigenvalue weighted by molar-refractivity contribution is 6.42. The average Bonchev–Trinajstić information content (AvgIpc) is 3.39. The Morgan fingerprint density at radius 1 is 0.967 bits per heavy atom. The summed E-state index contributed by atoms with van der Waals surface area (Å²) < 4.78 is 0. The van der Waals surface area contributed by atoms with Crippen LogP contribution in [0.15, 0.2) is 48.5 Å². The SMILES string of the molecule is O=C(CN1C(=O)[C@@H]2[C@@H]3C[C@@H]([C@H]2C1=O)[C@@H](c1ccccc1)C3)Nc1ccc(Cl)c(Cl)c1. The van der Waals surface area contributed by atoms with Crippen LogP contribution in [0.2, 0.25) is 10.0 Å². The molecule has 5 nitrogen and oxygen atoms in total. The largest absolute Gasteiger partial charge is 0.324 e. The molecule has 2 bridgehead atoms. The van der Waals surface area contributed by atoms with E-state index in [0.29, 0.717) is 21.7 Å². The van der Waals surface area contributed by atoms with Crippen molar-refractivity contribution in [2.75, 3.05) is 11.9 Å². The van der Waals surface area contributed by atoms with Crippen molar-refractivity contribution < 1.29 is 14.4 Å². The number of nitrogens with one attached hydrogen (secondary N) is 1. The lowest BCUT2D eigenvalue weighted by atomic mass is 9.73. The smallest absolute Gasteiger partial charge is 0.244 e. The molecule has 1 saturated heterocycles. The van der Waals surface area contributed by atoms with Crippen LogP contribution in [-0.2, 0) is 14.4 Å². The number of benzene rings is 2. The van der Waals surface area contributed by atoms with E-state index in [9.17, 15) is 14.4 Å². The Labute approximate surface area is 184 Å². The average molecular weight is 443 g/mol. The maximum Gasteiger partial charge on any atom is 0.244 e. The molecule has 2 saturated carbocycles. The van der Waals surface area contributed by atoms with E-state index in [-0.39, 0.29) is 42.0 Å². The zero-order valence-electron chi connectivity index (χ0n) is 16.1. The van der Waals surface area contributed by atoms with Crippen molar-refractivity contribution in [1.29, 1.82) is 0 Å². The number of fused-ring (bicyclic) bond motifs is 5. The van der Waals surface area contributed by atoms with Gasteiger partial charge in [-0.05, 0) is 54.4 Å². The van der Waals surface area contributed by atoms with E-state index >= 15 is 0 Å². The number of imide groups is 1. The molecule has 5 atom stereocenters. The molecule has 0 spiro atoms. The Morgan fingerprint density at radius 3 is 2.43 bits per heavy atom. The van der Waals surface area contributed by atoms with E-state index in [2.05, 4.69) is 17.4 Å². The van der Waals surface area contributed by atoms with Crippen LogP contribution < -0.4 is 5.32 Å². The van der Waals surface area contributed by atoms with Crippen LogP contribution in [0.1, 0.15) is 24.3 Å². The normalized spacial score (nSPS) is 29.4. The minimum Gasteiger partial charge on any atom is -0.324 e. The van der Waals surface area contributed by atoms with Gasteiger partial charge in [0.15, 0.2) is 0 Å². The molecule has 30 heavy (non-hydrogen) atoms. The van der Waals surface area contributed by atoms with Crippen LogP contribution >= 0.6 is 23.2 Å². The van der Waals surface area contributed by atoms with E-state index < -0.39 is 5.91 Å². The summed E-state index contributed by atoms with van der Waals surface area (Å²) in [6.07, 6.45) is 1.84. The number of rotatable bonds is 4. The predicted octanol–water partition coefficient (Wildman–Crippen LogP) is 4.36. The zero-order valence-corrected chi connectivity index (χ0v) is 17.6. The molecule has 2 aromatic rings. The van der Waals surface area contributed by atoms with Gasteiger partial charge in [-0.25, -0.2) is 0 Å². The molecule has 2 aliphatic carbocycles. The van der Waals surface area contributed by atoms with Gasteiger partial charge in [-0.2, -0.15) is 0 Å². The number of nitrogens with zero attached hydrogens (tertiary/aromatic N) is 1. The lowest BCUT2D eigenvalue weighted by Crippen LogP contribution is -2.39. The third kappa shape index (κ3) is 3.12. The number of halogens is 2. The fourth-order valence-corrected chi connectivity index (χ4v) is 5.98. The number of hydrogen-bond acceptors (Lipinski definition) is 3. The third-order valence-corrected chi connectivity index (χ3v) is 7.58. The minimum atomic E-state index is -0.429. The van der Waals surface area contributed by atoms with Crippen LogP contribution in [-0.4, -0.2) is 29.2 Å². The van der Waals surface area contributed by atoms with Crippen LogP contribution in [0.3, 0.4) is 0 Å². The maximum absolute atomic E-state index is 13.1. The van der Waals surface area contributed by atoms with Crippen molar-refractivity contribution in [2.45, 2.75) is 18.8 Å². The van der Waals surface area contributed by atoms with Gasteiger partial charge in [-0.1, -0.05) is 53.5 Å². The lowest BCUT2D eigenvalue weighted by Gasteiger charge is -2.28. The number of hydrogen-bond donors (Lipinski definition) is 1. The summed E-state index contributed by atoms with van der Waals surface area (Å²) in [5.74, 6) is -0.733. The molecule has 0 radical (unpaired) electrons. The van der Waals surface area contributed by atoms with Crippen molar-refractivity contribution in [1.82, 2.24) is 4.90 Å². The van der Waals surface area contributed by atoms with Crippen LogP contribution in [0.5, 0.6) is 0 Å². The Hall–Kier alpha value is -2.37. The number of carbonyl (C=O) groups is 3. The number of anilines is 1. The van der Waals surface area contributed by atoms with Crippen molar-refractivity contribution in [3.63, 3.8) is 0 Å². The summed E-state index contributed by atoms with van der Waals surface area (Å²) in [6.45, 7) is -0.277. The second-order valence-electron chi connectivity index (χ2n) is 8.40. The predicted molar refractivity (Wildman–Crippen MR) is 114 cm³/mol. The second-order valence-corrected chi connectivity index (χ2v) is 9.22. The van der Waals surface area contributed by atoms with Gasteiger partial charge in [-0.15, -0.1) is 0 Å². The maximum atomic E-state index is 13.1. The van der Waals surface area contributed by atoms with Crippen molar-refractivity contribution in [3.05, 3.63) is 64.1 Å². The van der Waals surface area contributed by atoms with Gasteiger partial charge in [0.25, 0.3) is 0 Å². The van der Waals surface area contributed by atoms with E-state index in [1.54, 1.807) is 12.1 Å². The number of likely N-dealkylation sites (tertiary alicyclic amines) is 1. The van der Waals surface area contributed by atoms with Crippen LogP contribution in [0.4, 0.5) is 5.69 Å². The molecule has 3 fully saturated rings. The monoisotopic (exact) mass is 442 g/mol. The van der Waals surface area contributed by atoms with Gasteiger partial charge in [0.05, 0.1) is 21.9 Å². The number of carbonyl (C=O) groups excluding carboxylic acids is 3. The van der Waals surface area contributed by atoms with Gasteiger partial charge in [-0.3, -0.25) is 19.3 Å². The van der Waals surface area contributed by atoms with Gasteiger partial charge >= 0.3 is 0 Å². The van der Waals surface area contributed by atoms with E-state index in [1.165, 1.54) is 11.6 Å². The molecule has 3 amide bonds. The Kier molecular flexibility index (Phi) is 4.83. The van der Waals surface area contributed by atoms with Gasteiger partial charge < -0.3 is 5.32 Å². The highest BCUT2D eigenvalue weighted by atomic mass is 35.5. The first-order chi connectivity index (χ1) is 14.4. The number of amides is 3. The summed E-state index contributed by atoms with van der Waals surface area (Å²) in [6, 6.07) is 15.0. The molecule has 0 aromatic heterocycles. The summed E-state index contributed by atoms with van der Waals surface area (Å²) in [4.78, 5) is 39.8. The summed E-state index contributed by atoms with van der Waals surface area (Å²) >= 11 is 11.9. The summed E-state index contributed by atoms with van der Waals surface area (Å²) in [7, 11) is 0. The quantitative estimate of drug-likeness (QED) is 0.715. The highest BCUT2D eigenvalue weighted by Gasteiger charge is 2.63. The first-order valence-electron chi connectivity index (χ1n) is 10.1. The molecule has 3 aliphatic rings. The van der Waals surface area contributed by atoms with Gasteiger partial charge in [0.2, 0.25) is 17.7 Å². The highest BCUT2D eigenvalue weighted by Crippen LogP contribution is 2.61. The molecular weight excluding hydrogens is 423 g/mol. The third-order valence-electron chi connectivity index (χ3n) is 6.84. The van der Waals surface area contributed by atoms with E-state index in [0.717, 1.165) is 17.7 Å². The zero-order chi connectivity index (χ0) is 21.0. The molecule has 2 aromatic carbocycles. The van der Waals surface area contributed by atoms with E-state index in [4.69, 9.17) is 23.2 Å². The van der Waals surface area contributed by atoms with Crippen molar-refractivity contribution >= 4 is 46.6 Å². The van der Waals surface area contributed by atoms with Gasteiger partial charge in [0.1, 0.15) is 6.54 Å². The molecule has 7 heteroatoms. The molecule has 154 valence electrons. The van der Waals surface area contributed by atoms with Gasteiger partial charge in [0, 0.05) is 5.69 Å². The first-order valence-corrected chi connectivity index (χ1v) is 10.8. The van der Waals surface area contributed by atoms with Crippen molar-refractivity contribution in [2.24, 2.45) is 23.7 Å². The summed E-state index contributed by atoms with van der Waals surface area (Å²) in [5.41, 5.74) is 1.71. The van der Waals surface area contributed by atoms with E-state index in [1.807, 2.05) is 18.2 Å². The molecule has 0 unspecified atom stereocenters. The standard InChI is InChI=1S/C23H20Cl2N2O3/c24-17-7-6-14(10-18(17)25)26-19(28)11-27-22(29)20-13-8-15(12-4-2-1-3-5-12)16(9-13)21(20)23(27)30/h1-7,10,13,15-16,20-21H,8-9,11H2,(H,26,28)/t13-,15+,16+,20+,21+/m0/s1. The second kappa shape index (κ2) is 7.40. The van der Waals surface area contributed by atoms with Crippen LogP contribution in [0.25, 0.3) is 0 Å². The Bertz CT molecular complexity index is 1040. The topological polar surface area (TPSA) is 66.5 Å². The Morgan fingerprint density at radius 2 is 1.70 bits per heavy atom. The fraction of sp³-hybridized carbons (Fsp3) is 0.348. The molecule has 1 aliphatic heterocycles. The molecule has 1 N–H and O–H groups in total. The molecular formula is C23H20Cl2N2O3. The molecule has 1 heterocycles. The van der Waals surface area contributed by atoms with Crippen LogP contribution in [0, 0.1) is 23.7 Å². The first kappa shape index (κ1) is 19.6. The summed E-state index contributed by atoms with van der Waals surface area (Å²) in [5, 5.41) is 3.39. The lowest BCUT2D eigenvalue weighted by molar-refractivity contribution is -0.143. The van der Waals surface area contributed by atoms with Crippen molar-refractivity contribution in [3.8, 4) is 0 Å². The minimum absolute atomic E-state index is 0.169. The fourth-order valence-electron chi connectivity index (χ4n) is 5.68. The molecule has 5 rings (SSSR count). The Balaban J connectivity index is 1.31.